The van der Waals surface area contributed by atoms with Gasteiger partial charge < -0.3 is 0 Å². The van der Waals surface area contributed by atoms with Crippen LogP contribution in [0.4, 0.5) is 0 Å². The van der Waals surface area contributed by atoms with Gasteiger partial charge in [-0.2, -0.15) is 0 Å². The van der Waals surface area contributed by atoms with E-state index in [1.165, 1.54) is 116 Å². The first kappa shape index (κ1) is 42.0. The molecular formula is C38H68INO3. The predicted molar refractivity (Wildman–Crippen MR) is 195 cm³/mol. The minimum absolute atomic E-state index is 0.161. The second-order valence-corrected chi connectivity index (χ2v) is 13.1. The van der Waals surface area contributed by atoms with Crippen molar-refractivity contribution in [3.05, 3.63) is 24.3 Å². The molecule has 0 N–H and O–H groups in total. The van der Waals surface area contributed by atoms with Gasteiger partial charge in [0.2, 0.25) is 17.7 Å². The summed E-state index contributed by atoms with van der Waals surface area (Å²) in [6, 6.07) is 0. The molecule has 5 heteroatoms. The maximum Gasteiger partial charge on any atom is 0.245 e. The molecule has 0 aliphatic heterocycles. The Bertz CT molecular complexity index is 666. The first-order chi connectivity index (χ1) is 21.1. The summed E-state index contributed by atoms with van der Waals surface area (Å²) in [5.41, 5.74) is 0. The van der Waals surface area contributed by atoms with Gasteiger partial charge in [-0.05, 0) is 64.2 Å². The Kier molecular flexibility index (Phi) is 33.1. The first-order valence-corrected chi connectivity index (χ1v) is 19.9. The molecule has 0 radical (unpaired) electrons. The summed E-state index contributed by atoms with van der Waals surface area (Å²) in [7, 11) is 0. The number of carbonyl (C=O) groups is 3. The Labute approximate surface area is 280 Å². The second-order valence-electron chi connectivity index (χ2n) is 12.3. The Morgan fingerprint density at radius 3 is 1.00 bits per heavy atom. The summed E-state index contributed by atoms with van der Waals surface area (Å²) >= 11 is 1.95. The van der Waals surface area contributed by atoms with Crippen molar-refractivity contribution < 1.29 is 14.4 Å². The summed E-state index contributed by atoms with van der Waals surface area (Å²) in [6.45, 7) is 4.52. The van der Waals surface area contributed by atoms with Crippen LogP contribution in [0.3, 0.4) is 0 Å². The SMILES string of the molecule is CCCCCCCCC=CCCCCCCCC(=O)N(C(=O)CI)C(=O)CCCCCCCC=CCCCCCCCC. The minimum Gasteiger partial charge on any atom is -0.274 e. The fraction of sp³-hybridized carbons (Fsp3) is 0.816. The second kappa shape index (κ2) is 33.9. The first-order valence-electron chi connectivity index (χ1n) is 18.3. The summed E-state index contributed by atoms with van der Waals surface area (Å²) in [4.78, 5) is 38.8. The molecule has 0 saturated carbocycles. The number of imide groups is 3. The number of hydrogen-bond acceptors (Lipinski definition) is 3. The van der Waals surface area contributed by atoms with Crippen molar-refractivity contribution in [1.29, 1.82) is 0 Å². The lowest BCUT2D eigenvalue weighted by atomic mass is 10.1. The van der Waals surface area contributed by atoms with E-state index in [0.717, 1.165) is 56.3 Å². The highest BCUT2D eigenvalue weighted by Gasteiger charge is 2.26. The molecule has 0 saturated heterocycles. The maximum atomic E-state index is 12.7. The third kappa shape index (κ3) is 28.2. The number of rotatable bonds is 31. The van der Waals surface area contributed by atoms with E-state index in [2.05, 4.69) is 38.2 Å². The van der Waals surface area contributed by atoms with Gasteiger partial charge in [0.05, 0.1) is 4.43 Å². The largest absolute Gasteiger partial charge is 0.274 e. The molecule has 0 rings (SSSR count). The van der Waals surface area contributed by atoms with Crippen LogP contribution in [0.15, 0.2) is 24.3 Å². The van der Waals surface area contributed by atoms with E-state index in [1.54, 1.807) is 0 Å². The minimum atomic E-state index is -0.365. The number of unbranched alkanes of at least 4 members (excludes halogenated alkanes) is 22. The number of allylic oxidation sites excluding steroid dienone is 4. The highest BCUT2D eigenvalue weighted by atomic mass is 127. The fourth-order valence-electron chi connectivity index (χ4n) is 5.39. The van der Waals surface area contributed by atoms with E-state index in [-0.39, 0.29) is 22.1 Å². The number of amides is 3. The Morgan fingerprint density at radius 1 is 0.419 bits per heavy atom. The third-order valence-electron chi connectivity index (χ3n) is 8.17. The van der Waals surface area contributed by atoms with Crippen LogP contribution in [0.5, 0.6) is 0 Å². The van der Waals surface area contributed by atoms with Crippen molar-refractivity contribution in [2.75, 3.05) is 4.43 Å². The van der Waals surface area contributed by atoms with E-state index in [1.807, 2.05) is 22.6 Å². The van der Waals surface area contributed by atoms with E-state index >= 15 is 0 Å². The lowest BCUT2D eigenvalue weighted by Gasteiger charge is -2.18. The zero-order valence-corrected chi connectivity index (χ0v) is 30.5. The molecule has 0 aliphatic rings. The van der Waals surface area contributed by atoms with Gasteiger partial charge >= 0.3 is 0 Å². The molecule has 0 spiro atoms. The van der Waals surface area contributed by atoms with Gasteiger partial charge in [-0.25, -0.2) is 4.90 Å². The molecule has 0 atom stereocenters. The summed E-state index contributed by atoms with van der Waals surface area (Å²) in [5, 5.41) is 0. The van der Waals surface area contributed by atoms with Crippen molar-refractivity contribution in [1.82, 2.24) is 4.90 Å². The van der Waals surface area contributed by atoms with Crippen molar-refractivity contribution in [3.8, 4) is 0 Å². The molecular weight excluding hydrogens is 645 g/mol. The van der Waals surface area contributed by atoms with E-state index in [0.29, 0.717) is 12.8 Å². The van der Waals surface area contributed by atoms with Gasteiger partial charge in [0.25, 0.3) is 0 Å². The molecule has 3 amide bonds. The molecule has 250 valence electrons. The van der Waals surface area contributed by atoms with Crippen LogP contribution in [-0.4, -0.2) is 27.0 Å². The number of alkyl halides is 1. The Balaban J connectivity index is 3.87. The van der Waals surface area contributed by atoms with Crippen molar-refractivity contribution >= 4 is 40.3 Å². The van der Waals surface area contributed by atoms with Gasteiger partial charge in [-0.1, -0.05) is 163 Å². The molecule has 0 bridgehead atoms. The molecule has 0 aromatic carbocycles. The van der Waals surface area contributed by atoms with E-state index in [9.17, 15) is 14.4 Å². The maximum absolute atomic E-state index is 12.7. The Hall–Kier alpha value is -0.980. The zero-order chi connectivity index (χ0) is 31.6. The van der Waals surface area contributed by atoms with Gasteiger partial charge in [0.1, 0.15) is 0 Å². The molecule has 0 unspecified atom stereocenters. The Morgan fingerprint density at radius 2 is 0.698 bits per heavy atom. The lowest BCUT2D eigenvalue weighted by Crippen LogP contribution is -2.42. The van der Waals surface area contributed by atoms with Crippen LogP contribution in [0.25, 0.3) is 0 Å². The van der Waals surface area contributed by atoms with Crippen molar-refractivity contribution in [2.45, 2.75) is 194 Å². The van der Waals surface area contributed by atoms with Crippen LogP contribution >= 0.6 is 22.6 Å². The standard InChI is InChI=1S/C38H68INO3/c1-3-5-7-9-11-13-15-17-19-21-23-25-27-29-31-33-36(41)40(38(43)35-39)37(42)34-32-30-28-26-24-22-20-18-16-14-12-10-8-6-4-2/h17-20H,3-16,21-35H2,1-2H3. The lowest BCUT2D eigenvalue weighted by molar-refractivity contribution is -0.152. The molecule has 43 heavy (non-hydrogen) atoms. The highest BCUT2D eigenvalue weighted by molar-refractivity contribution is 14.1. The fourth-order valence-corrected chi connectivity index (χ4v) is 5.74. The molecule has 0 aromatic heterocycles. The summed E-state index contributed by atoms with van der Waals surface area (Å²) in [6.07, 6.45) is 41.1. The molecule has 0 aliphatic carbocycles. The molecule has 4 nitrogen and oxygen atoms in total. The van der Waals surface area contributed by atoms with Crippen LogP contribution in [0.2, 0.25) is 0 Å². The van der Waals surface area contributed by atoms with Crippen LogP contribution in [-0.2, 0) is 14.4 Å². The highest BCUT2D eigenvalue weighted by Crippen LogP contribution is 2.14. The average molecular weight is 714 g/mol. The van der Waals surface area contributed by atoms with Gasteiger partial charge in [-0.3, -0.25) is 14.4 Å². The number of carbonyl (C=O) groups excluding carboxylic acids is 3. The van der Waals surface area contributed by atoms with Gasteiger partial charge in [-0.15, -0.1) is 0 Å². The van der Waals surface area contributed by atoms with Crippen LogP contribution in [0, 0.1) is 0 Å². The van der Waals surface area contributed by atoms with Crippen LogP contribution in [0.1, 0.15) is 194 Å². The van der Waals surface area contributed by atoms with Crippen LogP contribution < -0.4 is 0 Å². The molecule has 0 aromatic rings. The molecule has 0 heterocycles. The summed E-state index contributed by atoms with van der Waals surface area (Å²) in [5.74, 6) is -0.981. The number of halogens is 1. The third-order valence-corrected chi connectivity index (χ3v) is 8.82. The quantitative estimate of drug-likeness (QED) is 0.0311. The van der Waals surface area contributed by atoms with E-state index in [4.69, 9.17) is 0 Å². The average Bonchev–Trinajstić information content (AvgIpc) is 3.01. The monoisotopic (exact) mass is 713 g/mol. The van der Waals surface area contributed by atoms with Crippen molar-refractivity contribution in [3.63, 3.8) is 0 Å². The van der Waals surface area contributed by atoms with Gasteiger partial charge in [0, 0.05) is 12.8 Å². The zero-order valence-electron chi connectivity index (χ0n) is 28.4. The number of hydrogen-bond donors (Lipinski definition) is 0. The topological polar surface area (TPSA) is 54.5 Å². The van der Waals surface area contributed by atoms with Crippen molar-refractivity contribution in [2.24, 2.45) is 0 Å². The summed E-state index contributed by atoms with van der Waals surface area (Å²) < 4.78 is 0.161. The normalized spacial score (nSPS) is 11.6. The smallest absolute Gasteiger partial charge is 0.245 e. The predicted octanol–water partition coefficient (Wildman–Crippen LogP) is 12.4. The van der Waals surface area contributed by atoms with E-state index < -0.39 is 0 Å². The number of nitrogens with zero attached hydrogens (tertiary/aromatic N) is 1. The van der Waals surface area contributed by atoms with Gasteiger partial charge in [0.15, 0.2) is 0 Å². The molecule has 0 fully saturated rings.